The molecule has 5 nitrogen and oxygen atoms in total. The van der Waals surface area contributed by atoms with Crippen LogP contribution < -0.4 is 0 Å². The molecule has 3 heterocycles. The summed E-state index contributed by atoms with van der Waals surface area (Å²) >= 11 is 1.60. The van der Waals surface area contributed by atoms with Crippen LogP contribution in [-0.2, 0) is 0 Å². The molecule has 1 aliphatic rings. The predicted molar refractivity (Wildman–Crippen MR) is 73.0 cm³/mol. The van der Waals surface area contributed by atoms with Crippen LogP contribution in [-0.4, -0.2) is 45.3 Å². The van der Waals surface area contributed by atoms with Crippen molar-refractivity contribution in [2.45, 2.75) is 18.9 Å². The van der Waals surface area contributed by atoms with Gasteiger partial charge in [0, 0.05) is 6.54 Å². The largest absolute Gasteiger partial charge is 0.394 e. The third-order valence-corrected chi connectivity index (χ3v) is 4.34. The number of nitrogens with zero attached hydrogens (tertiary/aromatic N) is 2. The van der Waals surface area contributed by atoms with Crippen molar-refractivity contribution >= 4 is 17.2 Å². The first-order valence-corrected chi connectivity index (χ1v) is 7.18. The van der Waals surface area contributed by atoms with E-state index in [4.69, 9.17) is 0 Å². The van der Waals surface area contributed by atoms with E-state index in [-0.39, 0.29) is 18.6 Å². The second kappa shape index (κ2) is 5.14. The van der Waals surface area contributed by atoms with Crippen LogP contribution >= 0.6 is 11.3 Å². The first-order chi connectivity index (χ1) is 9.29. The van der Waals surface area contributed by atoms with Crippen LogP contribution in [0.5, 0.6) is 0 Å². The monoisotopic (exact) mass is 277 g/mol. The maximum absolute atomic E-state index is 12.3. The van der Waals surface area contributed by atoms with Crippen LogP contribution in [0.4, 0.5) is 0 Å². The lowest BCUT2D eigenvalue weighted by Crippen LogP contribution is -2.37. The van der Waals surface area contributed by atoms with Gasteiger partial charge in [0.25, 0.3) is 5.91 Å². The molecule has 0 bridgehead atoms. The molecule has 2 aromatic rings. The number of aromatic nitrogens is 2. The summed E-state index contributed by atoms with van der Waals surface area (Å²) in [5.41, 5.74) is 1.28. The number of hydrogen-bond acceptors (Lipinski definition) is 4. The zero-order valence-electron chi connectivity index (χ0n) is 10.4. The summed E-state index contributed by atoms with van der Waals surface area (Å²) in [6.07, 6.45) is 1.81. The van der Waals surface area contributed by atoms with E-state index in [9.17, 15) is 9.90 Å². The molecule has 1 fully saturated rings. The summed E-state index contributed by atoms with van der Waals surface area (Å²) in [6.45, 7) is 0.721. The highest BCUT2D eigenvalue weighted by Crippen LogP contribution is 2.24. The molecule has 1 saturated heterocycles. The number of hydrogen-bond donors (Lipinski definition) is 2. The minimum absolute atomic E-state index is 0.0218. The lowest BCUT2D eigenvalue weighted by molar-refractivity contribution is 0.0671. The fourth-order valence-corrected chi connectivity index (χ4v) is 3.12. The van der Waals surface area contributed by atoms with E-state index in [0.717, 1.165) is 23.4 Å². The Kier molecular flexibility index (Phi) is 3.35. The first-order valence-electron chi connectivity index (χ1n) is 6.30. The number of nitrogens with one attached hydrogen (secondary N) is 1. The van der Waals surface area contributed by atoms with Crippen LogP contribution in [0.1, 0.15) is 23.3 Å². The fourth-order valence-electron chi connectivity index (χ4n) is 2.43. The van der Waals surface area contributed by atoms with Crippen molar-refractivity contribution < 1.29 is 9.90 Å². The highest BCUT2D eigenvalue weighted by Gasteiger charge is 2.30. The van der Waals surface area contributed by atoms with Crippen LogP contribution in [0.2, 0.25) is 0 Å². The van der Waals surface area contributed by atoms with Crippen molar-refractivity contribution in [3.63, 3.8) is 0 Å². The number of amides is 1. The average Bonchev–Trinajstić information content (AvgIpc) is 3.16. The number of H-pyrrole nitrogens is 1. The van der Waals surface area contributed by atoms with E-state index in [1.165, 1.54) is 0 Å². The van der Waals surface area contributed by atoms with Gasteiger partial charge < -0.3 is 10.0 Å². The molecule has 0 radical (unpaired) electrons. The molecule has 0 saturated carbocycles. The van der Waals surface area contributed by atoms with Crippen LogP contribution in [0, 0.1) is 0 Å². The molecular formula is C13H15N3O2S. The van der Waals surface area contributed by atoms with Gasteiger partial charge in [-0.05, 0) is 30.4 Å². The molecule has 1 atom stereocenters. The van der Waals surface area contributed by atoms with Crippen molar-refractivity contribution in [3.8, 4) is 10.6 Å². The summed E-state index contributed by atoms with van der Waals surface area (Å²) in [6, 6.07) is 5.67. The summed E-state index contributed by atoms with van der Waals surface area (Å²) < 4.78 is 0. The maximum Gasteiger partial charge on any atom is 0.274 e. The quantitative estimate of drug-likeness (QED) is 0.897. The number of carbonyl (C=O) groups is 1. The third kappa shape index (κ3) is 2.29. The van der Waals surface area contributed by atoms with Gasteiger partial charge in [-0.1, -0.05) is 6.07 Å². The summed E-state index contributed by atoms with van der Waals surface area (Å²) in [7, 11) is 0. The highest BCUT2D eigenvalue weighted by molar-refractivity contribution is 7.13. The molecule has 1 amide bonds. The Balaban J connectivity index is 1.81. The van der Waals surface area contributed by atoms with Gasteiger partial charge in [-0.15, -0.1) is 11.3 Å². The molecule has 0 aliphatic carbocycles. The van der Waals surface area contributed by atoms with Gasteiger partial charge in [-0.3, -0.25) is 9.89 Å². The molecule has 0 spiro atoms. The number of likely N-dealkylation sites (tertiary alicyclic amines) is 1. The van der Waals surface area contributed by atoms with Gasteiger partial charge in [0.1, 0.15) is 0 Å². The molecule has 100 valence electrons. The third-order valence-electron chi connectivity index (χ3n) is 3.43. The average molecular weight is 277 g/mol. The molecule has 3 rings (SSSR count). The molecule has 6 heteroatoms. The topological polar surface area (TPSA) is 69.2 Å². The minimum Gasteiger partial charge on any atom is -0.394 e. The Morgan fingerprint density at radius 2 is 2.53 bits per heavy atom. The lowest BCUT2D eigenvalue weighted by atomic mass is 10.2. The van der Waals surface area contributed by atoms with Crippen LogP contribution in [0.25, 0.3) is 10.6 Å². The predicted octanol–water partition coefficient (Wildman–Crippen LogP) is 1.74. The summed E-state index contributed by atoms with van der Waals surface area (Å²) in [5, 5.41) is 18.2. The van der Waals surface area contributed by atoms with Crippen molar-refractivity contribution in [2.75, 3.05) is 13.2 Å². The number of rotatable bonds is 3. The molecule has 19 heavy (non-hydrogen) atoms. The summed E-state index contributed by atoms with van der Waals surface area (Å²) in [4.78, 5) is 15.1. The number of thiophene rings is 1. The second-order valence-electron chi connectivity index (χ2n) is 4.62. The van der Waals surface area contributed by atoms with Gasteiger partial charge in [-0.25, -0.2) is 0 Å². The van der Waals surface area contributed by atoms with Gasteiger partial charge in [0.15, 0.2) is 5.69 Å². The molecule has 0 unspecified atom stereocenters. The Morgan fingerprint density at radius 3 is 3.26 bits per heavy atom. The number of aliphatic hydroxyl groups excluding tert-OH is 1. The van der Waals surface area contributed by atoms with Crippen molar-refractivity contribution in [1.82, 2.24) is 15.1 Å². The lowest BCUT2D eigenvalue weighted by Gasteiger charge is -2.21. The Morgan fingerprint density at radius 1 is 1.63 bits per heavy atom. The Bertz CT molecular complexity index is 564. The van der Waals surface area contributed by atoms with Gasteiger partial charge >= 0.3 is 0 Å². The van der Waals surface area contributed by atoms with E-state index in [1.54, 1.807) is 22.3 Å². The van der Waals surface area contributed by atoms with E-state index in [2.05, 4.69) is 10.2 Å². The second-order valence-corrected chi connectivity index (χ2v) is 5.57. The fraction of sp³-hybridized carbons (Fsp3) is 0.385. The smallest absolute Gasteiger partial charge is 0.274 e. The van der Waals surface area contributed by atoms with Crippen molar-refractivity contribution in [2.24, 2.45) is 0 Å². The standard InChI is InChI=1S/C13H15N3O2S/c17-8-9-3-1-5-16(9)13(18)11-7-10(14-15-11)12-4-2-6-19-12/h2,4,6-7,9,17H,1,3,5,8H2,(H,14,15)/t9-/m1/s1. The molecule has 2 N–H and O–H groups in total. The zero-order chi connectivity index (χ0) is 13.2. The van der Waals surface area contributed by atoms with E-state index < -0.39 is 0 Å². The van der Waals surface area contributed by atoms with Crippen molar-refractivity contribution in [3.05, 3.63) is 29.3 Å². The van der Waals surface area contributed by atoms with E-state index >= 15 is 0 Å². The molecular weight excluding hydrogens is 262 g/mol. The van der Waals surface area contributed by atoms with Gasteiger partial charge in [-0.2, -0.15) is 5.10 Å². The van der Waals surface area contributed by atoms with Gasteiger partial charge in [0.2, 0.25) is 0 Å². The summed E-state index contributed by atoms with van der Waals surface area (Å²) in [5.74, 6) is -0.101. The van der Waals surface area contributed by atoms with Crippen molar-refractivity contribution in [1.29, 1.82) is 0 Å². The molecule has 0 aromatic carbocycles. The Hall–Kier alpha value is -1.66. The molecule has 2 aromatic heterocycles. The van der Waals surface area contributed by atoms with Crippen LogP contribution in [0.3, 0.4) is 0 Å². The SMILES string of the molecule is O=C(c1cc(-c2cccs2)[nH]n1)N1CCC[C@@H]1CO. The number of aliphatic hydroxyl groups is 1. The maximum atomic E-state index is 12.3. The first kappa shape index (κ1) is 12.4. The highest BCUT2D eigenvalue weighted by atomic mass is 32.1. The Labute approximate surface area is 114 Å². The van der Waals surface area contributed by atoms with Gasteiger partial charge in [0.05, 0.1) is 23.2 Å². The normalized spacial score (nSPS) is 19.0. The minimum atomic E-state index is -0.101. The molecule has 1 aliphatic heterocycles. The zero-order valence-corrected chi connectivity index (χ0v) is 11.2. The van der Waals surface area contributed by atoms with E-state index in [1.807, 2.05) is 17.5 Å². The number of aromatic amines is 1. The van der Waals surface area contributed by atoms with E-state index in [0.29, 0.717) is 12.2 Å². The number of carbonyl (C=O) groups excluding carboxylic acids is 1. The van der Waals surface area contributed by atoms with Crippen LogP contribution in [0.15, 0.2) is 23.6 Å².